The van der Waals surface area contributed by atoms with Crippen LogP contribution in [0.15, 0.2) is 47.8 Å². The number of carbonyl (C=O) groups is 2. The van der Waals surface area contributed by atoms with E-state index < -0.39 is 29.6 Å². The Hall–Kier alpha value is -3.53. The van der Waals surface area contributed by atoms with Crippen molar-refractivity contribution in [3.63, 3.8) is 0 Å². The van der Waals surface area contributed by atoms with Crippen LogP contribution in [0.4, 0.5) is 13.9 Å². The van der Waals surface area contributed by atoms with Crippen LogP contribution in [0.3, 0.4) is 0 Å². The molecule has 0 aliphatic carbocycles. The van der Waals surface area contributed by atoms with E-state index in [0.29, 0.717) is 29.4 Å². The average molecular weight is 462 g/mol. The molecule has 0 saturated heterocycles. The molecule has 0 spiro atoms. The van der Waals surface area contributed by atoms with E-state index >= 15 is 0 Å². The highest BCUT2D eigenvalue weighted by atomic mass is 32.1. The van der Waals surface area contributed by atoms with Gasteiger partial charge in [0.15, 0.2) is 29.5 Å². The van der Waals surface area contributed by atoms with Gasteiger partial charge < -0.3 is 14.2 Å². The van der Waals surface area contributed by atoms with Crippen molar-refractivity contribution in [3.8, 4) is 22.8 Å². The normalized spacial score (nSPS) is 11.5. The van der Waals surface area contributed by atoms with Gasteiger partial charge in [-0.2, -0.15) is 0 Å². The number of ether oxygens (including phenoxy) is 3. The minimum atomic E-state index is -1.10. The summed E-state index contributed by atoms with van der Waals surface area (Å²) < 4.78 is 42.2. The zero-order chi connectivity index (χ0) is 23.1. The highest BCUT2D eigenvalue weighted by molar-refractivity contribution is 7.14. The lowest BCUT2D eigenvalue weighted by atomic mass is 10.2. The summed E-state index contributed by atoms with van der Waals surface area (Å²) in [4.78, 5) is 28.4. The smallest absolute Gasteiger partial charge is 0.344 e. The Bertz CT molecular complexity index is 1090. The van der Waals surface area contributed by atoms with Crippen LogP contribution in [0, 0.1) is 11.6 Å². The second kappa shape index (κ2) is 10.7. The summed E-state index contributed by atoms with van der Waals surface area (Å²) in [6.07, 6.45) is -1.10. The number of amides is 1. The molecule has 3 rings (SSSR count). The van der Waals surface area contributed by atoms with Gasteiger partial charge in [-0.15, -0.1) is 11.3 Å². The first-order chi connectivity index (χ1) is 15.4. The molecule has 168 valence electrons. The molecule has 3 aromatic rings. The molecule has 1 heterocycles. The molecule has 32 heavy (non-hydrogen) atoms. The van der Waals surface area contributed by atoms with Crippen LogP contribution in [-0.2, 0) is 14.3 Å². The predicted molar refractivity (Wildman–Crippen MR) is 115 cm³/mol. The zero-order valence-electron chi connectivity index (χ0n) is 17.3. The first-order valence-corrected chi connectivity index (χ1v) is 10.5. The molecule has 0 bridgehead atoms. The molecule has 1 N–H and O–H groups in total. The third-order valence-electron chi connectivity index (χ3n) is 4.12. The maximum Gasteiger partial charge on any atom is 0.344 e. The van der Waals surface area contributed by atoms with Gasteiger partial charge in [-0.25, -0.2) is 18.6 Å². The van der Waals surface area contributed by atoms with Crippen LogP contribution in [0.25, 0.3) is 11.3 Å². The Balaban J connectivity index is 1.48. The number of anilines is 1. The van der Waals surface area contributed by atoms with Crippen LogP contribution in [0.2, 0.25) is 0 Å². The van der Waals surface area contributed by atoms with E-state index in [1.54, 1.807) is 29.6 Å². The van der Waals surface area contributed by atoms with E-state index in [1.807, 2.05) is 6.92 Å². The van der Waals surface area contributed by atoms with Gasteiger partial charge in [0.05, 0.1) is 12.3 Å². The Labute approximate surface area is 187 Å². The number of nitrogens with one attached hydrogen (secondary N) is 1. The van der Waals surface area contributed by atoms with Crippen LogP contribution >= 0.6 is 11.3 Å². The summed E-state index contributed by atoms with van der Waals surface area (Å²) in [5, 5.41) is 4.34. The van der Waals surface area contributed by atoms with E-state index in [0.717, 1.165) is 23.5 Å². The lowest BCUT2D eigenvalue weighted by Crippen LogP contribution is -2.31. The Kier molecular flexibility index (Phi) is 7.72. The van der Waals surface area contributed by atoms with E-state index in [2.05, 4.69) is 10.3 Å². The Morgan fingerprint density at radius 2 is 1.75 bits per heavy atom. The van der Waals surface area contributed by atoms with Crippen LogP contribution < -0.4 is 14.8 Å². The monoisotopic (exact) mass is 462 g/mol. The maximum absolute atomic E-state index is 13.4. The van der Waals surface area contributed by atoms with Gasteiger partial charge in [0.1, 0.15) is 11.5 Å². The molecule has 0 saturated carbocycles. The van der Waals surface area contributed by atoms with Crippen molar-refractivity contribution in [1.29, 1.82) is 0 Å². The van der Waals surface area contributed by atoms with Gasteiger partial charge in [-0.05, 0) is 56.3 Å². The quantitative estimate of drug-likeness (QED) is 0.473. The SMILES string of the molecule is CCOc1ccc(OCC(=O)O[C@@H](C)C(=O)Nc2nc(-c3ccc(F)c(F)c3)cs2)cc1. The fraction of sp³-hybridized carbons (Fsp3) is 0.227. The first-order valence-electron chi connectivity index (χ1n) is 9.62. The number of hydrogen-bond donors (Lipinski definition) is 1. The fourth-order valence-electron chi connectivity index (χ4n) is 2.55. The first kappa shape index (κ1) is 23.1. The van der Waals surface area contributed by atoms with Crippen molar-refractivity contribution in [1.82, 2.24) is 4.98 Å². The van der Waals surface area contributed by atoms with Gasteiger partial charge >= 0.3 is 5.97 Å². The second-order valence-corrected chi connectivity index (χ2v) is 7.34. The van der Waals surface area contributed by atoms with Crippen molar-refractivity contribution in [3.05, 3.63) is 59.5 Å². The summed E-state index contributed by atoms with van der Waals surface area (Å²) in [5.41, 5.74) is 0.740. The largest absolute Gasteiger partial charge is 0.494 e. The number of nitrogens with zero attached hydrogens (tertiary/aromatic N) is 1. The van der Waals surface area contributed by atoms with E-state index in [9.17, 15) is 18.4 Å². The molecule has 2 aromatic carbocycles. The van der Waals surface area contributed by atoms with E-state index in [1.165, 1.54) is 13.0 Å². The number of rotatable bonds is 9. The van der Waals surface area contributed by atoms with E-state index in [-0.39, 0.29) is 11.7 Å². The van der Waals surface area contributed by atoms with E-state index in [4.69, 9.17) is 14.2 Å². The number of halogens is 2. The third kappa shape index (κ3) is 6.24. The lowest BCUT2D eigenvalue weighted by molar-refractivity contribution is -0.155. The second-order valence-electron chi connectivity index (χ2n) is 6.48. The standard InChI is InChI=1S/C22H20F2N2O5S/c1-3-29-15-5-7-16(8-6-15)30-11-20(27)31-13(2)21(28)26-22-25-19(12-32-22)14-4-9-17(23)18(24)10-14/h4-10,12-13H,3,11H2,1-2H3,(H,25,26,28)/t13-/m0/s1. The molecule has 0 radical (unpaired) electrons. The highest BCUT2D eigenvalue weighted by Gasteiger charge is 2.20. The van der Waals surface area contributed by atoms with Crippen molar-refractivity contribution in [2.75, 3.05) is 18.5 Å². The average Bonchev–Trinajstić information content (AvgIpc) is 3.24. The van der Waals surface area contributed by atoms with Crippen LogP contribution in [-0.4, -0.2) is 36.2 Å². The van der Waals surface area contributed by atoms with Crippen molar-refractivity contribution >= 4 is 28.3 Å². The predicted octanol–water partition coefficient (Wildman–Crippen LogP) is 4.44. The van der Waals surface area contributed by atoms with Gasteiger partial charge in [0, 0.05) is 10.9 Å². The van der Waals surface area contributed by atoms with Gasteiger partial charge in [-0.3, -0.25) is 10.1 Å². The summed E-state index contributed by atoms with van der Waals surface area (Å²) >= 11 is 1.10. The third-order valence-corrected chi connectivity index (χ3v) is 4.88. The molecule has 7 nitrogen and oxygen atoms in total. The molecular formula is C22H20F2N2O5S. The summed E-state index contributed by atoms with van der Waals surface area (Å²) in [7, 11) is 0. The number of thiazole rings is 1. The lowest BCUT2D eigenvalue weighted by Gasteiger charge is -2.13. The number of hydrogen-bond acceptors (Lipinski definition) is 7. The molecule has 0 aliphatic rings. The van der Waals surface area contributed by atoms with Gasteiger partial charge in [0.25, 0.3) is 5.91 Å². The molecule has 1 atom stereocenters. The van der Waals surface area contributed by atoms with Crippen molar-refractivity contribution < 1.29 is 32.6 Å². The number of carbonyl (C=O) groups excluding carboxylic acids is 2. The molecule has 0 fully saturated rings. The van der Waals surface area contributed by atoms with Crippen LogP contribution in [0.5, 0.6) is 11.5 Å². The molecule has 0 aliphatic heterocycles. The molecular weight excluding hydrogens is 442 g/mol. The number of esters is 1. The highest BCUT2D eigenvalue weighted by Crippen LogP contribution is 2.26. The molecule has 10 heteroatoms. The van der Waals surface area contributed by atoms with Gasteiger partial charge in [0.2, 0.25) is 0 Å². The molecule has 0 unspecified atom stereocenters. The summed E-state index contributed by atoms with van der Waals surface area (Å²) in [6.45, 7) is 3.45. The zero-order valence-corrected chi connectivity index (χ0v) is 18.1. The minimum Gasteiger partial charge on any atom is -0.494 e. The Morgan fingerprint density at radius 3 is 2.41 bits per heavy atom. The molecule has 1 aromatic heterocycles. The topological polar surface area (TPSA) is 86.8 Å². The van der Waals surface area contributed by atoms with Gasteiger partial charge in [-0.1, -0.05) is 0 Å². The summed E-state index contributed by atoms with van der Waals surface area (Å²) in [5.74, 6) is -2.12. The fourth-order valence-corrected chi connectivity index (χ4v) is 3.27. The Morgan fingerprint density at radius 1 is 1.06 bits per heavy atom. The van der Waals surface area contributed by atoms with Crippen LogP contribution in [0.1, 0.15) is 13.8 Å². The van der Waals surface area contributed by atoms with Crippen molar-refractivity contribution in [2.24, 2.45) is 0 Å². The number of aromatic nitrogens is 1. The van der Waals surface area contributed by atoms with Crippen molar-refractivity contribution in [2.45, 2.75) is 20.0 Å². The maximum atomic E-state index is 13.4. The molecule has 1 amide bonds. The minimum absolute atomic E-state index is 0.225. The summed E-state index contributed by atoms with van der Waals surface area (Å²) in [6, 6.07) is 10.1. The number of benzene rings is 2.